The molecule has 1 heterocycles. The lowest BCUT2D eigenvalue weighted by atomic mass is 9.85. The number of aliphatic hydroxyl groups is 1. The molecule has 4 aromatic carbocycles. The fraction of sp³-hybridized carbons (Fsp3) is 0.257. The van der Waals surface area contributed by atoms with Gasteiger partial charge in [-0.25, -0.2) is 13.4 Å². The number of benzene rings is 4. The van der Waals surface area contributed by atoms with Crippen molar-refractivity contribution < 1.29 is 27.8 Å². The maximum Gasteiger partial charge on any atom is 0.252 e. The number of hydrogen-bond donors (Lipinski definition) is 2. The van der Waals surface area contributed by atoms with Gasteiger partial charge in [0.2, 0.25) is 5.90 Å². The average Bonchev–Trinajstić information content (AvgIpc) is 3.46. The Bertz CT molecular complexity index is 1820. The van der Waals surface area contributed by atoms with Gasteiger partial charge in [0, 0.05) is 51.6 Å². The van der Waals surface area contributed by atoms with Crippen LogP contribution < -0.4 is 10.1 Å². The highest BCUT2D eigenvalue weighted by Crippen LogP contribution is 2.45. The number of sulfone groups is 1. The number of carbonyl (C=O) groups excluding carboxylic acids is 1. The van der Waals surface area contributed by atoms with Crippen molar-refractivity contribution in [3.8, 4) is 5.75 Å². The number of aliphatic imine (C=N–C) groups is 1. The average molecular weight is 761 g/mol. The van der Waals surface area contributed by atoms with Crippen LogP contribution >= 0.6 is 39.1 Å². The van der Waals surface area contributed by atoms with E-state index in [0.717, 1.165) is 10.0 Å². The van der Waals surface area contributed by atoms with Crippen LogP contribution in [-0.4, -0.2) is 56.4 Å². The Kier molecular flexibility index (Phi) is 11.6. The SMILES string of the molecule is O=C(NCCc1ccc(Br)cc1)[C@]1(CCS(=O)(=O)c2ccccc2)N=C(c2ccc(OCCCO)cc2)O[C@@H]1c1ccc(Cl)cc1Cl. The molecule has 1 amide bonds. The highest BCUT2D eigenvalue weighted by Gasteiger charge is 2.54. The molecule has 0 spiro atoms. The summed E-state index contributed by atoms with van der Waals surface area (Å²) in [5.74, 6) is -0.128. The number of halogens is 3. The highest BCUT2D eigenvalue weighted by molar-refractivity contribution is 9.10. The van der Waals surface area contributed by atoms with Crippen LogP contribution in [0.3, 0.4) is 0 Å². The standard InChI is InChI=1S/C35H33BrCl2N2O6S/c36-26-11-7-24(8-12-26)17-19-39-34(42)35(18-22-47(43,44)29-5-2-1-3-6-29)32(30-16-13-27(37)23-31(30)38)46-33(40-35)25-9-14-28(15-10-25)45-21-4-20-41/h1-3,5-16,23,32,41H,4,17-22H2,(H,39,42)/t32-,35-/m1/s1. The quantitative estimate of drug-likeness (QED) is 0.134. The van der Waals surface area contributed by atoms with E-state index >= 15 is 0 Å². The van der Waals surface area contributed by atoms with Crippen LogP contribution in [0, 0.1) is 0 Å². The molecule has 1 aliphatic rings. The third-order valence-corrected chi connectivity index (χ3v) is 10.6. The molecule has 0 fully saturated rings. The van der Waals surface area contributed by atoms with E-state index in [1.54, 1.807) is 60.7 Å². The van der Waals surface area contributed by atoms with Crippen LogP contribution in [0.5, 0.6) is 5.75 Å². The molecule has 47 heavy (non-hydrogen) atoms. The largest absolute Gasteiger partial charge is 0.494 e. The number of nitrogens with zero attached hydrogens (tertiary/aromatic N) is 1. The fourth-order valence-electron chi connectivity index (χ4n) is 5.22. The molecule has 2 N–H and O–H groups in total. The third kappa shape index (κ3) is 8.55. The monoisotopic (exact) mass is 758 g/mol. The molecule has 1 aliphatic heterocycles. The predicted octanol–water partition coefficient (Wildman–Crippen LogP) is 7.00. The molecule has 0 aliphatic carbocycles. The first-order valence-electron chi connectivity index (χ1n) is 15.0. The normalized spacial score (nSPS) is 17.5. The maximum absolute atomic E-state index is 14.4. The lowest BCUT2D eigenvalue weighted by Crippen LogP contribution is -2.49. The van der Waals surface area contributed by atoms with Crippen molar-refractivity contribution in [1.82, 2.24) is 5.32 Å². The highest BCUT2D eigenvalue weighted by atomic mass is 79.9. The first-order chi connectivity index (χ1) is 22.6. The lowest BCUT2D eigenvalue weighted by Gasteiger charge is -2.31. The van der Waals surface area contributed by atoms with Crippen LogP contribution in [0.25, 0.3) is 0 Å². The van der Waals surface area contributed by atoms with E-state index in [1.165, 1.54) is 12.1 Å². The van der Waals surface area contributed by atoms with E-state index in [-0.39, 0.29) is 41.1 Å². The van der Waals surface area contributed by atoms with Crippen LogP contribution in [0.1, 0.15) is 35.6 Å². The molecule has 4 aromatic rings. The Morgan fingerprint density at radius 2 is 1.72 bits per heavy atom. The predicted molar refractivity (Wildman–Crippen MR) is 187 cm³/mol. The van der Waals surface area contributed by atoms with Gasteiger partial charge in [0.1, 0.15) is 5.75 Å². The summed E-state index contributed by atoms with van der Waals surface area (Å²) >= 11 is 16.4. The Morgan fingerprint density at radius 1 is 1.00 bits per heavy atom. The van der Waals surface area contributed by atoms with Crippen molar-refractivity contribution in [1.29, 1.82) is 0 Å². The van der Waals surface area contributed by atoms with Crippen LogP contribution in [0.15, 0.2) is 111 Å². The summed E-state index contributed by atoms with van der Waals surface area (Å²) in [6, 6.07) is 27.7. The smallest absolute Gasteiger partial charge is 0.252 e. The lowest BCUT2D eigenvalue weighted by molar-refractivity contribution is -0.129. The molecule has 0 aromatic heterocycles. The van der Waals surface area contributed by atoms with Gasteiger partial charge in [-0.15, -0.1) is 0 Å². The van der Waals surface area contributed by atoms with E-state index in [9.17, 15) is 13.2 Å². The van der Waals surface area contributed by atoms with Crippen molar-refractivity contribution in [2.45, 2.75) is 35.8 Å². The molecule has 5 rings (SSSR count). The van der Waals surface area contributed by atoms with Crippen LogP contribution in [-0.2, 0) is 25.8 Å². The number of ether oxygens (including phenoxy) is 2. The van der Waals surface area contributed by atoms with E-state index < -0.39 is 27.4 Å². The fourth-order valence-corrected chi connectivity index (χ4v) is 7.38. The molecular formula is C35H33BrCl2N2O6S. The first-order valence-corrected chi connectivity index (χ1v) is 18.2. The summed E-state index contributed by atoms with van der Waals surface area (Å²) in [5, 5.41) is 12.7. The van der Waals surface area contributed by atoms with Gasteiger partial charge in [0.25, 0.3) is 5.91 Å². The summed E-state index contributed by atoms with van der Waals surface area (Å²) in [6.45, 7) is 0.647. The first kappa shape index (κ1) is 34.9. The van der Waals surface area contributed by atoms with E-state index in [2.05, 4.69) is 21.2 Å². The Hall–Kier alpha value is -3.41. The van der Waals surface area contributed by atoms with E-state index in [1.807, 2.05) is 24.3 Å². The molecule has 0 unspecified atom stereocenters. The van der Waals surface area contributed by atoms with Crippen molar-refractivity contribution >= 4 is 60.8 Å². The number of hydrogen-bond acceptors (Lipinski definition) is 7. The summed E-state index contributed by atoms with van der Waals surface area (Å²) < 4.78 is 40.1. The second-order valence-corrected chi connectivity index (χ2v) is 14.8. The summed E-state index contributed by atoms with van der Waals surface area (Å²) in [5.41, 5.74) is 0.314. The Labute approximate surface area is 292 Å². The number of rotatable bonds is 14. The molecule has 12 heteroatoms. The number of aliphatic hydroxyl groups excluding tert-OH is 1. The Balaban J connectivity index is 1.53. The van der Waals surface area contributed by atoms with Gasteiger partial charge in [0.15, 0.2) is 21.5 Å². The topological polar surface area (TPSA) is 114 Å². The van der Waals surface area contributed by atoms with Crippen molar-refractivity contribution in [2.75, 3.05) is 25.5 Å². The van der Waals surface area contributed by atoms with Crippen LogP contribution in [0.4, 0.5) is 0 Å². The summed E-state index contributed by atoms with van der Waals surface area (Å²) in [4.78, 5) is 19.4. The van der Waals surface area contributed by atoms with Gasteiger partial charge < -0.3 is 19.9 Å². The molecule has 246 valence electrons. The Morgan fingerprint density at radius 3 is 2.40 bits per heavy atom. The molecule has 0 saturated carbocycles. The maximum atomic E-state index is 14.4. The third-order valence-electron chi connectivity index (χ3n) is 7.74. The minimum absolute atomic E-state index is 0.0185. The minimum Gasteiger partial charge on any atom is -0.494 e. The molecule has 0 bridgehead atoms. The van der Waals surface area contributed by atoms with Crippen molar-refractivity contribution in [3.05, 3.63) is 128 Å². The van der Waals surface area contributed by atoms with Gasteiger partial charge in [-0.3, -0.25) is 4.79 Å². The van der Waals surface area contributed by atoms with Crippen molar-refractivity contribution in [2.24, 2.45) is 4.99 Å². The van der Waals surface area contributed by atoms with Gasteiger partial charge in [-0.2, -0.15) is 0 Å². The van der Waals surface area contributed by atoms with E-state index in [0.29, 0.717) is 41.3 Å². The molecule has 0 radical (unpaired) electrons. The minimum atomic E-state index is -3.81. The molecular weight excluding hydrogens is 727 g/mol. The number of nitrogens with one attached hydrogen (secondary N) is 1. The van der Waals surface area contributed by atoms with Crippen molar-refractivity contribution in [3.63, 3.8) is 0 Å². The number of carbonyl (C=O) groups is 1. The van der Waals surface area contributed by atoms with Gasteiger partial charge >= 0.3 is 0 Å². The second-order valence-electron chi connectivity index (χ2n) is 11.0. The zero-order valence-corrected chi connectivity index (χ0v) is 29.2. The van der Waals surface area contributed by atoms with Gasteiger partial charge in [-0.1, -0.05) is 75.5 Å². The summed E-state index contributed by atoms with van der Waals surface area (Å²) in [6.07, 6.45) is -0.226. The molecule has 0 saturated heterocycles. The zero-order valence-electron chi connectivity index (χ0n) is 25.2. The van der Waals surface area contributed by atoms with Gasteiger partial charge in [-0.05, 0) is 72.6 Å². The zero-order chi connectivity index (χ0) is 33.4. The number of amides is 1. The molecule has 8 nitrogen and oxygen atoms in total. The molecule has 2 atom stereocenters. The summed E-state index contributed by atoms with van der Waals surface area (Å²) in [7, 11) is -3.81. The van der Waals surface area contributed by atoms with E-state index in [4.69, 9.17) is 42.8 Å². The second kappa shape index (κ2) is 15.7. The van der Waals surface area contributed by atoms with Crippen LogP contribution in [0.2, 0.25) is 10.0 Å². The van der Waals surface area contributed by atoms with Gasteiger partial charge in [0.05, 0.1) is 17.3 Å².